The Balaban J connectivity index is 0.000000487. The van der Waals surface area contributed by atoms with E-state index in [4.69, 9.17) is 9.90 Å². The first-order valence-corrected chi connectivity index (χ1v) is 6.10. The third kappa shape index (κ3) is 11.5. The maximum absolute atomic E-state index is 9.00. The van der Waals surface area contributed by atoms with Gasteiger partial charge in [-0.1, -0.05) is 19.3 Å². The quantitative estimate of drug-likeness (QED) is 0.769. The van der Waals surface area contributed by atoms with Gasteiger partial charge in [0.25, 0.3) is 5.97 Å². The van der Waals surface area contributed by atoms with Gasteiger partial charge in [-0.15, -0.1) is 0 Å². The zero-order chi connectivity index (χ0) is 12.4. The lowest BCUT2D eigenvalue weighted by molar-refractivity contribution is -0.134. The van der Waals surface area contributed by atoms with Crippen molar-refractivity contribution in [2.45, 2.75) is 45.1 Å². The monoisotopic (exact) mass is 230 g/mol. The Kier molecular flexibility index (Phi) is 9.24. The van der Waals surface area contributed by atoms with Crippen molar-refractivity contribution in [3.63, 3.8) is 0 Å². The minimum atomic E-state index is -0.833. The Morgan fingerprint density at radius 3 is 2.25 bits per heavy atom. The molecular weight excluding hydrogens is 204 g/mol. The second-order valence-corrected chi connectivity index (χ2v) is 4.61. The summed E-state index contributed by atoms with van der Waals surface area (Å²) in [4.78, 5) is 11.2. The smallest absolute Gasteiger partial charge is 0.300 e. The van der Waals surface area contributed by atoms with E-state index in [2.05, 4.69) is 24.3 Å². The van der Waals surface area contributed by atoms with Gasteiger partial charge in [0.2, 0.25) is 0 Å². The van der Waals surface area contributed by atoms with Gasteiger partial charge in [-0.3, -0.25) is 4.79 Å². The highest BCUT2D eigenvalue weighted by molar-refractivity contribution is 5.62. The largest absolute Gasteiger partial charge is 0.481 e. The Labute approximate surface area is 99.0 Å². The summed E-state index contributed by atoms with van der Waals surface area (Å²) in [5, 5.41) is 11.0. The molecule has 0 aromatic rings. The van der Waals surface area contributed by atoms with E-state index in [0.717, 1.165) is 26.1 Å². The van der Waals surface area contributed by atoms with Gasteiger partial charge in [0.05, 0.1) is 0 Å². The molecule has 4 heteroatoms. The van der Waals surface area contributed by atoms with Gasteiger partial charge in [-0.25, -0.2) is 0 Å². The fraction of sp³-hybridized carbons (Fsp3) is 0.917. The Hall–Kier alpha value is -0.610. The number of likely N-dealkylation sites (N-methyl/N-ethyl adjacent to an activating group) is 1. The topological polar surface area (TPSA) is 52.6 Å². The summed E-state index contributed by atoms with van der Waals surface area (Å²) >= 11 is 0. The van der Waals surface area contributed by atoms with Gasteiger partial charge < -0.3 is 15.3 Å². The van der Waals surface area contributed by atoms with Crippen molar-refractivity contribution in [1.82, 2.24) is 10.2 Å². The van der Waals surface area contributed by atoms with Crippen molar-refractivity contribution < 1.29 is 9.90 Å². The second-order valence-electron chi connectivity index (χ2n) is 4.61. The normalized spacial score (nSPS) is 16.8. The summed E-state index contributed by atoms with van der Waals surface area (Å²) in [6.45, 7) is 3.40. The van der Waals surface area contributed by atoms with Crippen LogP contribution in [0.3, 0.4) is 0 Å². The van der Waals surface area contributed by atoms with Crippen LogP contribution >= 0.6 is 0 Å². The molecule has 96 valence electrons. The number of hydrogen-bond acceptors (Lipinski definition) is 3. The number of aliphatic carboxylic acids is 1. The number of carbonyl (C=O) groups is 1. The van der Waals surface area contributed by atoms with Crippen molar-refractivity contribution in [1.29, 1.82) is 0 Å². The highest BCUT2D eigenvalue weighted by atomic mass is 16.4. The van der Waals surface area contributed by atoms with E-state index in [0.29, 0.717) is 0 Å². The first-order valence-electron chi connectivity index (χ1n) is 6.10. The molecular formula is C12H26N2O2. The van der Waals surface area contributed by atoms with Gasteiger partial charge in [0.15, 0.2) is 0 Å². The molecule has 0 aliphatic heterocycles. The molecule has 0 aromatic carbocycles. The molecule has 1 aliphatic rings. The summed E-state index contributed by atoms with van der Waals surface area (Å²) in [5.74, 6) is -0.833. The minimum absolute atomic E-state index is 0.818. The van der Waals surface area contributed by atoms with Crippen LogP contribution in [-0.2, 0) is 4.79 Å². The van der Waals surface area contributed by atoms with Crippen LogP contribution in [0.25, 0.3) is 0 Å². The zero-order valence-corrected chi connectivity index (χ0v) is 10.8. The Bertz CT molecular complexity index is 174. The average Bonchev–Trinajstić information content (AvgIpc) is 2.18. The highest BCUT2D eigenvalue weighted by Crippen LogP contribution is 2.16. The van der Waals surface area contributed by atoms with Crippen molar-refractivity contribution in [3.05, 3.63) is 0 Å². The van der Waals surface area contributed by atoms with Crippen LogP contribution in [-0.4, -0.2) is 49.2 Å². The number of hydrogen-bond donors (Lipinski definition) is 2. The van der Waals surface area contributed by atoms with Crippen LogP contribution in [0, 0.1) is 0 Å². The molecule has 0 saturated heterocycles. The van der Waals surface area contributed by atoms with Crippen molar-refractivity contribution >= 4 is 5.97 Å². The molecule has 1 saturated carbocycles. The molecule has 2 N–H and O–H groups in total. The maximum Gasteiger partial charge on any atom is 0.300 e. The lowest BCUT2D eigenvalue weighted by Crippen LogP contribution is -2.35. The van der Waals surface area contributed by atoms with Crippen LogP contribution in [0.15, 0.2) is 0 Å². The molecule has 16 heavy (non-hydrogen) atoms. The number of nitrogens with zero attached hydrogens (tertiary/aromatic N) is 1. The number of rotatable bonds is 4. The van der Waals surface area contributed by atoms with Crippen molar-refractivity contribution in [3.8, 4) is 0 Å². The van der Waals surface area contributed by atoms with Crippen molar-refractivity contribution in [2.24, 2.45) is 0 Å². The van der Waals surface area contributed by atoms with E-state index in [1.165, 1.54) is 32.1 Å². The van der Waals surface area contributed by atoms with E-state index in [9.17, 15) is 0 Å². The predicted octanol–water partition coefficient (Wildman–Crippen LogP) is 1.56. The fourth-order valence-electron chi connectivity index (χ4n) is 1.80. The molecule has 0 spiro atoms. The van der Waals surface area contributed by atoms with E-state index in [-0.39, 0.29) is 0 Å². The van der Waals surface area contributed by atoms with Crippen LogP contribution in [0.4, 0.5) is 0 Å². The maximum atomic E-state index is 9.00. The third-order valence-electron chi connectivity index (χ3n) is 2.60. The average molecular weight is 230 g/mol. The Morgan fingerprint density at radius 2 is 1.81 bits per heavy atom. The third-order valence-corrected chi connectivity index (χ3v) is 2.60. The van der Waals surface area contributed by atoms with E-state index in [1.807, 2.05) is 0 Å². The molecule has 1 fully saturated rings. The highest BCUT2D eigenvalue weighted by Gasteiger charge is 2.11. The molecule has 0 amide bonds. The summed E-state index contributed by atoms with van der Waals surface area (Å²) in [5.41, 5.74) is 0. The van der Waals surface area contributed by atoms with Crippen molar-refractivity contribution in [2.75, 3.05) is 27.2 Å². The summed E-state index contributed by atoms with van der Waals surface area (Å²) in [6, 6.07) is 0.818. The summed E-state index contributed by atoms with van der Waals surface area (Å²) < 4.78 is 0. The molecule has 1 aliphatic carbocycles. The number of nitrogens with one attached hydrogen (secondary N) is 1. The second kappa shape index (κ2) is 9.60. The zero-order valence-electron chi connectivity index (χ0n) is 10.8. The molecule has 0 unspecified atom stereocenters. The van der Waals surface area contributed by atoms with Gasteiger partial charge in [0.1, 0.15) is 0 Å². The first kappa shape index (κ1) is 15.4. The Morgan fingerprint density at radius 1 is 1.31 bits per heavy atom. The fourth-order valence-corrected chi connectivity index (χ4v) is 1.80. The summed E-state index contributed by atoms with van der Waals surface area (Å²) in [6.07, 6.45) is 7.10. The molecule has 0 heterocycles. The van der Waals surface area contributed by atoms with Gasteiger partial charge in [-0.2, -0.15) is 0 Å². The molecule has 0 aromatic heterocycles. The molecule has 0 radical (unpaired) electrons. The summed E-state index contributed by atoms with van der Waals surface area (Å²) in [7, 11) is 4.26. The van der Waals surface area contributed by atoms with Gasteiger partial charge >= 0.3 is 0 Å². The van der Waals surface area contributed by atoms with Crippen LogP contribution in [0.1, 0.15) is 39.0 Å². The van der Waals surface area contributed by atoms with Gasteiger partial charge in [-0.05, 0) is 26.9 Å². The molecule has 0 bridgehead atoms. The molecule has 0 atom stereocenters. The predicted molar refractivity (Wildman–Crippen MR) is 66.7 cm³/mol. The number of carboxylic acids is 1. The van der Waals surface area contributed by atoms with Crippen LogP contribution in [0.5, 0.6) is 0 Å². The van der Waals surface area contributed by atoms with Crippen LogP contribution in [0.2, 0.25) is 0 Å². The minimum Gasteiger partial charge on any atom is -0.481 e. The van der Waals surface area contributed by atoms with E-state index < -0.39 is 5.97 Å². The van der Waals surface area contributed by atoms with E-state index in [1.54, 1.807) is 0 Å². The SMILES string of the molecule is CC(=O)O.CN(C)CCNC1CCCCC1. The van der Waals surface area contributed by atoms with Crippen LogP contribution < -0.4 is 5.32 Å². The lowest BCUT2D eigenvalue weighted by Gasteiger charge is -2.23. The van der Waals surface area contributed by atoms with Gasteiger partial charge in [0, 0.05) is 26.1 Å². The first-order chi connectivity index (χ1) is 7.52. The van der Waals surface area contributed by atoms with E-state index >= 15 is 0 Å². The molecule has 4 nitrogen and oxygen atoms in total. The standard InChI is InChI=1S/C10H22N2.C2H4O2/c1-12(2)9-8-11-10-6-4-3-5-7-10;1-2(3)4/h10-11H,3-9H2,1-2H3;1H3,(H,3,4). The number of carboxylic acid groups (broad SMARTS) is 1. The molecule has 1 rings (SSSR count). The lowest BCUT2D eigenvalue weighted by atomic mass is 9.95.